The van der Waals surface area contributed by atoms with E-state index in [-0.39, 0.29) is 18.3 Å². The molecule has 0 radical (unpaired) electrons. The fourth-order valence-corrected chi connectivity index (χ4v) is 2.38. The molecule has 1 N–H and O–H groups in total. The molecule has 0 heterocycles. The van der Waals surface area contributed by atoms with Gasteiger partial charge in [-0.3, -0.25) is 4.79 Å². The Morgan fingerprint density at radius 2 is 1.76 bits per heavy atom. The lowest BCUT2D eigenvalue weighted by Crippen LogP contribution is -2.34. The number of nitrogens with zero attached hydrogens (tertiary/aromatic N) is 1. The smallest absolute Gasteiger partial charge is 0.251 e. The number of hydrogen-bond acceptors (Lipinski definition) is 2. The van der Waals surface area contributed by atoms with Crippen molar-refractivity contribution in [1.82, 2.24) is 10.2 Å². The number of halogens is 1. The molecule has 0 bridgehead atoms. The van der Waals surface area contributed by atoms with E-state index in [0.717, 1.165) is 36.3 Å². The molecule has 0 spiro atoms. The first-order valence-corrected chi connectivity index (χ1v) is 7.24. The summed E-state index contributed by atoms with van der Waals surface area (Å²) in [6, 6.07) is 13.9. The first kappa shape index (κ1) is 17.5. The van der Waals surface area contributed by atoms with Gasteiger partial charge in [0.15, 0.2) is 0 Å². The minimum atomic E-state index is 0. The van der Waals surface area contributed by atoms with Crippen molar-refractivity contribution < 1.29 is 4.79 Å². The van der Waals surface area contributed by atoms with Gasteiger partial charge in [0, 0.05) is 18.7 Å². The van der Waals surface area contributed by atoms with Gasteiger partial charge in [0.25, 0.3) is 5.91 Å². The fraction of sp³-hybridized carbons (Fsp3) is 0.353. The van der Waals surface area contributed by atoms with Crippen molar-refractivity contribution in [2.24, 2.45) is 0 Å². The summed E-state index contributed by atoms with van der Waals surface area (Å²) in [6.07, 6.45) is 0. The minimum absolute atomic E-state index is 0. The number of hydrogen-bond donors (Lipinski definition) is 1. The topological polar surface area (TPSA) is 32.3 Å². The fourth-order valence-electron chi connectivity index (χ4n) is 2.38. The van der Waals surface area contributed by atoms with Crippen LogP contribution in [0.2, 0.25) is 0 Å². The van der Waals surface area contributed by atoms with Crippen LogP contribution in [-0.2, 0) is 0 Å². The molecule has 0 saturated heterocycles. The van der Waals surface area contributed by atoms with Crippen LogP contribution in [-0.4, -0.2) is 37.0 Å². The SMILES string of the molecule is CCN(CC)CCNC(=O)c1ccc2cccccc1-2.Cl. The molecular formula is C17H23ClN2O. The maximum Gasteiger partial charge on any atom is 0.251 e. The number of carbonyl (C=O) groups is 1. The maximum atomic E-state index is 12.3. The van der Waals surface area contributed by atoms with Gasteiger partial charge in [0.1, 0.15) is 0 Å². The molecule has 0 aromatic heterocycles. The van der Waals surface area contributed by atoms with E-state index in [9.17, 15) is 4.79 Å². The quantitative estimate of drug-likeness (QED) is 0.888. The predicted octanol–water partition coefficient (Wildman–Crippen LogP) is 3.28. The highest BCUT2D eigenvalue weighted by atomic mass is 35.5. The number of carbonyl (C=O) groups excluding carboxylic acids is 1. The Morgan fingerprint density at radius 3 is 2.48 bits per heavy atom. The molecule has 0 aromatic rings. The second-order valence-electron chi connectivity index (χ2n) is 4.81. The van der Waals surface area contributed by atoms with Gasteiger partial charge in [0.2, 0.25) is 0 Å². The van der Waals surface area contributed by atoms with Crippen LogP contribution in [0.5, 0.6) is 0 Å². The monoisotopic (exact) mass is 306 g/mol. The molecule has 2 rings (SSSR count). The Kier molecular flexibility index (Phi) is 7.20. The lowest BCUT2D eigenvalue weighted by Gasteiger charge is -2.17. The van der Waals surface area contributed by atoms with E-state index in [1.165, 1.54) is 0 Å². The van der Waals surface area contributed by atoms with Crippen molar-refractivity contribution in [3.8, 4) is 11.1 Å². The lowest BCUT2D eigenvalue weighted by molar-refractivity contribution is 0.0950. The summed E-state index contributed by atoms with van der Waals surface area (Å²) in [5, 5.41) is 3.01. The highest BCUT2D eigenvalue weighted by Crippen LogP contribution is 2.26. The summed E-state index contributed by atoms with van der Waals surface area (Å²) in [5.41, 5.74) is 2.87. The van der Waals surface area contributed by atoms with E-state index < -0.39 is 0 Å². The number of amides is 1. The summed E-state index contributed by atoms with van der Waals surface area (Å²) < 4.78 is 0. The number of fused-ring (bicyclic) bond motifs is 1. The zero-order valence-corrected chi connectivity index (χ0v) is 13.5. The molecule has 0 aromatic carbocycles. The third-order valence-electron chi connectivity index (χ3n) is 3.64. The van der Waals surface area contributed by atoms with Crippen LogP contribution in [0.3, 0.4) is 0 Å². The van der Waals surface area contributed by atoms with Gasteiger partial charge < -0.3 is 10.2 Å². The average molecular weight is 307 g/mol. The predicted molar refractivity (Wildman–Crippen MR) is 90.4 cm³/mol. The van der Waals surface area contributed by atoms with E-state index >= 15 is 0 Å². The molecule has 4 heteroatoms. The molecule has 21 heavy (non-hydrogen) atoms. The summed E-state index contributed by atoms with van der Waals surface area (Å²) in [6.45, 7) is 7.88. The zero-order valence-electron chi connectivity index (χ0n) is 12.6. The first-order valence-electron chi connectivity index (χ1n) is 7.24. The van der Waals surface area contributed by atoms with Crippen molar-refractivity contribution in [3.05, 3.63) is 48.0 Å². The number of likely N-dealkylation sites (N-methyl/N-ethyl adjacent to an activating group) is 1. The second kappa shape index (κ2) is 8.65. The van der Waals surface area contributed by atoms with E-state index in [4.69, 9.17) is 0 Å². The van der Waals surface area contributed by atoms with E-state index in [1.54, 1.807) is 0 Å². The van der Waals surface area contributed by atoms with Crippen LogP contribution in [0.15, 0.2) is 42.5 Å². The lowest BCUT2D eigenvalue weighted by atomic mass is 10.1. The molecule has 0 aliphatic heterocycles. The molecule has 0 fully saturated rings. The Bertz CT molecular complexity index is 540. The van der Waals surface area contributed by atoms with E-state index in [2.05, 4.69) is 24.1 Å². The van der Waals surface area contributed by atoms with Gasteiger partial charge in [-0.15, -0.1) is 12.4 Å². The molecule has 3 nitrogen and oxygen atoms in total. The zero-order chi connectivity index (χ0) is 14.4. The van der Waals surface area contributed by atoms with Crippen LogP contribution >= 0.6 is 12.4 Å². The Morgan fingerprint density at radius 1 is 1.05 bits per heavy atom. The third-order valence-corrected chi connectivity index (χ3v) is 3.64. The van der Waals surface area contributed by atoms with Crippen molar-refractivity contribution >= 4 is 18.3 Å². The number of nitrogens with one attached hydrogen (secondary N) is 1. The van der Waals surface area contributed by atoms with Crippen molar-refractivity contribution in [2.75, 3.05) is 26.2 Å². The van der Waals surface area contributed by atoms with Gasteiger partial charge in [-0.05, 0) is 30.3 Å². The highest BCUT2D eigenvalue weighted by Gasteiger charge is 2.14. The summed E-state index contributed by atoms with van der Waals surface area (Å²) >= 11 is 0. The largest absolute Gasteiger partial charge is 0.351 e. The molecule has 2 aliphatic rings. The molecule has 114 valence electrons. The van der Waals surface area contributed by atoms with Crippen molar-refractivity contribution in [3.63, 3.8) is 0 Å². The van der Waals surface area contributed by atoms with E-state index in [0.29, 0.717) is 6.54 Å². The van der Waals surface area contributed by atoms with Crippen molar-refractivity contribution in [2.45, 2.75) is 13.8 Å². The molecule has 0 saturated carbocycles. The van der Waals surface area contributed by atoms with E-state index in [1.807, 2.05) is 42.5 Å². The van der Waals surface area contributed by atoms with Crippen LogP contribution in [0.1, 0.15) is 24.2 Å². The normalized spacial score (nSPS) is 10.4. The molecule has 0 atom stereocenters. The maximum absolute atomic E-state index is 12.3. The minimum Gasteiger partial charge on any atom is -0.351 e. The molecule has 2 aliphatic carbocycles. The number of rotatable bonds is 6. The first-order chi connectivity index (χ1) is 9.76. The van der Waals surface area contributed by atoms with Crippen LogP contribution < -0.4 is 5.32 Å². The van der Waals surface area contributed by atoms with Crippen LogP contribution in [0, 0.1) is 0 Å². The van der Waals surface area contributed by atoms with Crippen molar-refractivity contribution in [1.29, 1.82) is 0 Å². The van der Waals surface area contributed by atoms with Crippen LogP contribution in [0.4, 0.5) is 0 Å². The second-order valence-corrected chi connectivity index (χ2v) is 4.81. The van der Waals surface area contributed by atoms with Gasteiger partial charge in [-0.1, -0.05) is 50.2 Å². The van der Waals surface area contributed by atoms with Gasteiger partial charge in [0.05, 0.1) is 0 Å². The van der Waals surface area contributed by atoms with Gasteiger partial charge in [-0.2, -0.15) is 0 Å². The summed E-state index contributed by atoms with van der Waals surface area (Å²) in [5.74, 6) is 0.0124. The Balaban J connectivity index is 0.00000220. The summed E-state index contributed by atoms with van der Waals surface area (Å²) in [7, 11) is 0. The Labute approximate surface area is 133 Å². The molecular weight excluding hydrogens is 284 g/mol. The molecule has 0 unspecified atom stereocenters. The average Bonchev–Trinajstić information content (AvgIpc) is 2.72. The third kappa shape index (κ3) is 4.45. The highest BCUT2D eigenvalue weighted by molar-refractivity contribution is 6.02. The van der Waals surface area contributed by atoms with Gasteiger partial charge >= 0.3 is 0 Å². The van der Waals surface area contributed by atoms with Crippen LogP contribution in [0.25, 0.3) is 11.1 Å². The Hall–Kier alpha value is -1.58. The molecule has 1 amide bonds. The van der Waals surface area contributed by atoms with Gasteiger partial charge in [-0.25, -0.2) is 0 Å². The standard InChI is InChI=1S/C17H22N2O.ClH/c1-3-19(4-2)13-12-18-17(20)16-11-10-14-8-6-5-7-9-15(14)16;/h5-11H,3-4,12-13H2,1-2H3,(H,18,20);1H. The summed E-state index contributed by atoms with van der Waals surface area (Å²) in [4.78, 5) is 14.5.